The van der Waals surface area contributed by atoms with E-state index in [4.69, 9.17) is 5.11 Å². The Hall–Kier alpha value is -1.35. The van der Waals surface area contributed by atoms with Gasteiger partial charge in [-0.2, -0.15) is 4.31 Å². The van der Waals surface area contributed by atoms with Gasteiger partial charge < -0.3 is 5.11 Å². The minimum Gasteiger partial charge on any atom is -0.384 e. The van der Waals surface area contributed by atoms with Gasteiger partial charge >= 0.3 is 0 Å². The topological polar surface area (TPSA) is 57.6 Å². The van der Waals surface area contributed by atoms with Crippen LogP contribution in [0.25, 0.3) is 0 Å². The Morgan fingerprint density at radius 1 is 1.38 bits per heavy atom. The number of hydrogen-bond acceptors (Lipinski definition) is 3. The smallest absolute Gasteiger partial charge is 0.244 e. The number of rotatable bonds is 2. The van der Waals surface area contributed by atoms with Gasteiger partial charge in [-0.05, 0) is 51.3 Å². The summed E-state index contributed by atoms with van der Waals surface area (Å²) in [6, 6.07) is 5.14. The minimum absolute atomic E-state index is 0.226. The van der Waals surface area contributed by atoms with Crippen LogP contribution in [-0.2, 0) is 10.0 Å². The molecule has 0 aromatic heterocycles. The molecule has 1 heterocycles. The van der Waals surface area contributed by atoms with Crippen molar-refractivity contribution in [1.29, 1.82) is 0 Å². The predicted octanol–water partition coefficient (Wildman–Crippen LogP) is 1.90. The Morgan fingerprint density at radius 2 is 2.10 bits per heavy atom. The summed E-state index contributed by atoms with van der Waals surface area (Å²) in [6.07, 6.45) is 1.73. The maximum absolute atomic E-state index is 12.9. The first kappa shape index (κ1) is 16.0. The Morgan fingerprint density at radius 3 is 2.67 bits per heavy atom. The molecule has 1 saturated heterocycles. The molecule has 1 fully saturated rings. The van der Waals surface area contributed by atoms with Gasteiger partial charge in [0.15, 0.2) is 0 Å². The normalized spacial score (nSPS) is 18.3. The van der Waals surface area contributed by atoms with Gasteiger partial charge in [-0.15, -0.1) is 0 Å². The third kappa shape index (κ3) is 3.13. The predicted molar refractivity (Wildman–Crippen MR) is 82.3 cm³/mol. The lowest BCUT2D eigenvalue weighted by molar-refractivity contribution is 0.291. The van der Waals surface area contributed by atoms with Crippen molar-refractivity contribution in [2.24, 2.45) is 0 Å². The third-order valence-electron chi connectivity index (χ3n) is 3.83. The Labute approximate surface area is 126 Å². The highest BCUT2D eigenvalue weighted by Gasteiger charge is 2.41. The molecule has 114 valence electrons. The number of benzene rings is 1. The molecule has 5 heteroatoms. The molecule has 0 spiro atoms. The van der Waals surface area contributed by atoms with Crippen LogP contribution in [0.3, 0.4) is 0 Å². The van der Waals surface area contributed by atoms with Crippen LogP contribution >= 0.6 is 0 Å². The molecule has 0 aliphatic carbocycles. The van der Waals surface area contributed by atoms with Crippen LogP contribution in [0.1, 0.15) is 37.8 Å². The van der Waals surface area contributed by atoms with Gasteiger partial charge in [0, 0.05) is 17.6 Å². The number of aliphatic hydroxyl groups is 1. The average Bonchev–Trinajstić information content (AvgIpc) is 2.76. The van der Waals surface area contributed by atoms with Crippen molar-refractivity contribution < 1.29 is 13.5 Å². The average molecular weight is 307 g/mol. The second-order valence-corrected chi connectivity index (χ2v) is 7.78. The van der Waals surface area contributed by atoms with Crippen molar-refractivity contribution in [3.05, 3.63) is 29.3 Å². The van der Waals surface area contributed by atoms with Crippen LogP contribution in [0.15, 0.2) is 23.1 Å². The Kier molecular flexibility index (Phi) is 4.43. The van der Waals surface area contributed by atoms with Crippen LogP contribution in [-0.4, -0.2) is 36.5 Å². The molecule has 1 aromatic rings. The lowest BCUT2D eigenvalue weighted by atomic mass is 10.0. The molecular formula is C16H21NO3S. The van der Waals surface area contributed by atoms with Crippen LogP contribution in [0.2, 0.25) is 0 Å². The summed E-state index contributed by atoms with van der Waals surface area (Å²) in [4.78, 5) is 0.226. The van der Waals surface area contributed by atoms with E-state index < -0.39 is 10.0 Å². The molecule has 0 unspecified atom stereocenters. The number of hydrogen-bond donors (Lipinski definition) is 1. The van der Waals surface area contributed by atoms with E-state index in [-0.39, 0.29) is 17.0 Å². The van der Waals surface area contributed by atoms with Gasteiger partial charge in [-0.25, -0.2) is 8.42 Å². The fourth-order valence-electron chi connectivity index (χ4n) is 2.75. The molecule has 0 amide bonds. The van der Waals surface area contributed by atoms with E-state index in [1.807, 2.05) is 20.8 Å². The van der Waals surface area contributed by atoms with Gasteiger partial charge in [0.25, 0.3) is 0 Å². The highest BCUT2D eigenvalue weighted by atomic mass is 32.2. The lowest BCUT2D eigenvalue weighted by Crippen LogP contribution is -2.42. The molecule has 1 N–H and O–H groups in total. The van der Waals surface area contributed by atoms with Gasteiger partial charge in [0.1, 0.15) is 6.61 Å². The van der Waals surface area contributed by atoms with Crippen LogP contribution in [0.5, 0.6) is 0 Å². The maximum Gasteiger partial charge on any atom is 0.244 e. The van der Waals surface area contributed by atoms with E-state index >= 15 is 0 Å². The van der Waals surface area contributed by atoms with E-state index in [2.05, 4.69) is 11.8 Å². The highest BCUT2D eigenvalue weighted by Crippen LogP contribution is 2.34. The van der Waals surface area contributed by atoms with E-state index in [1.165, 1.54) is 0 Å². The maximum atomic E-state index is 12.9. The zero-order chi connectivity index (χ0) is 15.7. The van der Waals surface area contributed by atoms with E-state index in [0.29, 0.717) is 12.1 Å². The molecule has 1 aliphatic heterocycles. The molecule has 0 atom stereocenters. The standard InChI is InChI=1S/C16H21NO3S/c1-13-7-8-15(14(12-13)6-4-11-18)21(19,20)17-10-5-9-16(17,2)3/h7-8,12,18H,5,9-11H2,1-3H3. The summed E-state index contributed by atoms with van der Waals surface area (Å²) < 4.78 is 27.4. The molecule has 1 aromatic carbocycles. The zero-order valence-corrected chi connectivity index (χ0v) is 13.5. The first-order valence-corrected chi connectivity index (χ1v) is 8.46. The molecule has 0 saturated carbocycles. The molecule has 1 aliphatic rings. The van der Waals surface area contributed by atoms with E-state index in [1.54, 1.807) is 22.5 Å². The van der Waals surface area contributed by atoms with Crippen molar-refractivity contribution in [3.63, 3.8) is 0 Å². The van der Waals surface area contributed by atoms with Gasteiger partial charge in [0.05, 0.1) is 4.90 Å². The SMILES string of the molecule is Cc1ccc(S(=O)(=O)N2CCCC2(C)C)c(C#CCO)c1. The number of nitrogens with zero attached hydrogens (tertiary/aromatic N) is 1. The summed E-state index contributed by atoms with van der Waals surface area (Å²) in [7, 11) is -3.57. The zero-order valence-electron chi connectivity index (χ0n) is 12.7. The minimum atomic E-state index is -3.57. The van der Waals surface area contributed by atoms with E-state index in [9.17, 15) is 8.42 Å². The largest absolute Gasteiger partial charge is 0.384 e. The first-order valence-electron chi connectivity index (χ1n) is 7.02. The van der Waals surface area contributed by atoms with Gasteiger partial charge in [0.2, 0.25) is 10.0 Å². The number of aliphatic hydroxyl groups excluding tert-OH is 1. The fraction of sp³-hybridized carbons (Fsp3) is 0.500. The summed E-state index contributed by atoms with van der Waals surface area (Å²) in [5.74, 6) is 5.29. The highest BCUT2D eigenvalue weighted by molar-refractivity contribution is 7.89. The van der Waals surface area contributed by atoms with Crippen LogP contribution in [0.4, 0.5) is 0 Å². The molecular weight excluding hydrogens is 286 g/mol. The summed E-state index contributed by atoms with van der Waals surface area (Å²) >= 11 is 0. The van der Waals surface area contributed by atoms with Crippen molar-refractivity contribution in [2.75, 3.05) is 13.2 Å². The molecule has 0 radical (unpaired) electrons. The van der Waals surface area contributed by atoms with Crippen molar-refractivity contribution in [2.45, 2.75) is 44.0 Å². The van der Waals surface area contributed by atoms with Crippen molar-refractivity contribution in [1.82, 2.24) is 4.31 Å². The first-order chi connectivity index (χ1) is 9.79. The summed E-state index contributed by atoms with van der Waals surface area (Å²) in [5, 5.41) is 8.85. The molecule has 4 nitrogen and oxygen atoms in total. The van der Waals surface area contributed by atoms with Crippen molar-refractivity contribution >= 4 is 10.0 Å². The molecule has 21 heavy (non-hydrogen) atoms. The fourth-order valence-corrected chi connectivity index (χ4v) is 4.72. The van der Waals surface area contributed by atoms with Gasteiger partial charge in [-0.1, -0.05) is 17.9 Å². The number of sulfonamides is 1. The quantitative estimate of drug-likeness (QED) is 0.849. The second-order valence-electron chi connectivity index (χ2n) is 5.95. The second kappa shape index (κ2) is 5.80. The number of aryl methyl sites for hydroxylation is 1. The van der Waals surface area contributed by atoms with Gasteiger partial charge in [-0.3, -0.25) is 0 Å². The monoisotopic (exact) mass is 307 g/mol. The van der Waals surface area contributed by atoms with Crippen LogP contribution in [0, 0.1) is 18.8 Å². The van der Waals surface area contributed by atoms with Crippen molar-refractivity contribution in [3.8, 4) is 11.8 Å². The Bertz CT molecular complexity index is 696. The van der Waals surface area contributed by atoms with Crippen LogP contribution < -0.4 is 0 Å². The third-order valence-corrected chi connectivity index (χ3v) is 6.00. The van der Waals surface area contributed by atoms with E-state index in [0.717, 1.165) is 18.4 Å². The molecule has 0 bridgehead atoms. The molecule has 2 rings (SSSR count). The summed E-state index contributed by atoms with van der Waals surface area (Å²) in [6.45, 7) is 6.04. The summed E-state index contributed by atoms with van der Waals surface area (Å²) in [5.41, 5.74) is 1.02. The lowest BCUT2D eigenvalue weighted by Gasteiger charge is -2.30. The Balaban J connectivity index is 2.55.